The highest BCUT2D eigenvalue weighted by Gasteiger charge is 2.02. The third-order valence-corrected chi connectivity index (χ3v) is 2.56. The number of benzene rings is 2. The van der Waals surface area contributed by atoms with Crippen molar-refractivity contribution < 1.29 is 9.53 Å². The van der Waals surface area contributed by atoms with Gasteiger partial charge in [-0.15, -0.1) is 0 Å². The van der Waals surface area contributed by atoms with Gasteiger partial charge in [-0.05, 0) is 42.8 Å². The average molecular weight is 268 g/mol. The lowest BCUT2D eigenvalue weighted by atomic mass is 10.3. The summed E-state index contributed by atoms with van der Waals surface area (Å²) in [5, 5.41) is 8.23. The van der Waals surface area contributed by atoms with Crippen LogP contribution in [0, 0.1) is 0 Å². The lowest BCUT2D eigenvalue weighted by molar-refractivity contribution is -0.134. The fourth-order valence-corrected chi connectivity index (χ4v) is 1.58. The van der Waals surface area contributed by atoms with E-state index in [1.165, 1.54) is 0 Å². The van der Waals surface area contributed by atoms with Crippen LogP contribution in [-0.4, -0.2) is 5.97 Å². The molecule has 0 aliphatic carbocycles. The Morgan fingerprint density at radius 3 is 2.15 bits per heavy atom. The first-order valence-corrected chi connectivity index (χ1v) is 6.55. The highest BCUT2D eigenvalue weighted by Crippen LogP contribution is 2.21. The molecule has 0 aliphatic rings. The van der Waals surface area contributed by atoms with Crippen LogP contribution in [-0.2, 0) is 4.79 Å². The van der Waals surface area contributed by atoms with Gasteiger partial charge >= 0.3 is 5.97 Å². The smallest absolute Gasteiger partial charge is 0.311 e. The summed E-state index contributed by atoms with van der Waals surface area (Å²) in [5.41, 5.74) is 1.51. The van der Waals surface area contributed by atoms with Crippen LogP contribution in [0.15, 0.2) is 64.8 Å². The molecule has 0 N–H and O–H groups in total. The van der Waals surface area contributed by atoms with Crippen LogP contribution in [0.25, 0.3) is 0 Å². The van der Waals surface area contributed by atoms with Crippen molar-refractivity contribution in [3.8, 4) is 5.75 Å². The fourth-order valence-electron chi connectivity index (χ4n) is 1.58. The van der Waals surface area contributed by atoms with E-state index in [0.717, 1.165) is 12.1 Å². The van der Waals surface area contributed by atoms with Crippen molar-refractivity contribution in [1.82, 2.24) is 0 Å². The van der Waals surface area contributed by atoms with Crippen LogP contribution >= 0.6 is 0 Å². The molecule has 20 heavy (non-hydrogen) atoms. The third kappa shape index (κ3) is 4.31. The Hall–Kier alpha value is -2.49. The van der Waals surface area contributed by atoms with Crippen molar-refractivity contribution in [1.29, 1.82) is 0 Å². The molecule has 0 bridgehead atoms. The molecular formula is C16H16N2O2. The Morgan fingerprint density at radius 1 is 0.950 bits per heavy atom. The van der Waals surface area contributed by atoms with Crippen LogP contribution in [0.2, 0.25) is 0 Å². The first kappa shape index (κ1) is 13.9. The van der Waals surface area contributed by atoms with Gasteiger partial charge in [0.2, 0.25) is 0 Å². The molecule has 2 aromatic carbocycles. The van der Waals surface area contributed by atoms with Gasteiger partial charge in [-0.2, -0.15) is 10.2 Å². The Balaban J connectivity index is 1.98. The molecule has 102 valence electrons. The number of hydrogen-bond acceptors (Lipinski definition) is 4. The lowest BCUT2D eigenvalue weighted by Gasteiger charge is -2.02. The van der Waals surface area contributed by atoms with E-state index in [0.29, 0.717) is 17.9 Å². The van der Waals surface area contributed by atoms with E-state index < -0.39 is 0 Å². The summed E-state index contributed by atoms with van der Waals surface area (Å²) in [7, 11) is 0. The van der Waals surface area contributed by atoms with Crippen LogP contribution in [0.4, 0.5) is 11.4 Å². The molecule has 0 radical (unpaired) electrons. The van der Waals surface area contributed by atoms with Gasteiger partial charge in [-0.1, -0.05) is 25.1 Å². The van der Waals surface area contributed by atoms with Gasteiger partial charge in [0.15, 0.2) is 0 Å². The van der Waals surface area contributed by atoms with Crippen molar-refractivity contribution in [2.24, 2.45) is 10.2 Å². The van der Waals surface area contributed by atoms with Crippen molar-refractivity contribution in [3.63, 3.8) is 0 Å². The van der Waals surface area contributed by atoms with E-state index in [1.807, 2.05) is 37.3 Å². The quantitative estimate of drug-likeness (QED) is 0.444. The molecule has 4 heteroatoms. The molecule has 0 aliphatic heterocycles. The zero-order valence-corrected chi connectivity index (χ0v) is 11.3. The number of carbonyl (C=O) groups is 1. The Kier molecular flexibility index (Phi) is 5.00. The summed E-state index contributed by atoms with van der Waals surface area (Å²) >= 11 is 0. The van der Waals surface area contributed by atoms with Gasteiger partial charge in [-0.25, -0.2) is 0 Å². The van der Waals surface area contributed by atoms with E-state index >= 15 is 0 Å². The molecular weight excluding hydrogens is 252 g/mol. The summed E-state index contributed by atoms with van der Waals surface area (Å²) < 4.78 is 5.16. The van der Waals surface area contributed by atoms with E-state index in [1.54, 1.807) is 24.3 Å². The fraction of sp³-hybridized carbons (Fsp3) is 0.188. The normalized spacial score (nSPS) is 10.7. The second-order valence-corrected chi connectivity index (χ2v) is 4.25. The van der Waals surface area contributed by atoms with E-state index in [4.69, 9.17) is 4.74 Å². The topological polar surface area (TPSA) is 51.0 Å². The molecule has 2 aromatic rings. The Bertz CT molecular complexity index is 577. The molecule has 4 nitrogen and oxygen atoms in total. The predicted molar refractivity (Wildman–Crippen MR) is 77.6 cm³/mol. The third-order valence-electron chi connectivity index (χ3n) is 2.56. The zero-order chi connectivity index (χ0) is 14.2. The lowest BCUT2D eigenvalue weighted by Crippen LogP contribution is -2.06. The van der Waals surface area contributed by atoms with Crippen molar-refractivity contribution in [3.05, 3.63) is 54.6 Å². The van der Waals surface area contributed by atoms with Gasteiger partial charge in [0.25, 0.3) is 0 Å². The molecule has 0 atom stereocenters. The largest absolute Gasteiger partial charge is 0.427 e. The minimum Gasteiger partial charge on any atom is -0.427 e. The molecule has 0 heterocycles. The summed E-state index contributed by atoms with van der Waals surface area (Å²) in [4.78, 5) is 11.3. The second-order valence-electron chi connectivity index (χ2n) is 4.25. The minimum absolute atomic E-state index is 0.217. The van der Waals surface area contributed by atoms with Gasteiger partial charge in [0.1, 0.15) is 5.75 Å². The average Bonchev–Trinajstić information content (AvgIpc) is 2.48. The number of rotatable bonds is 5. The van der Waals surface area contributed by atoms with Crippen LogP contribution < -0.4 is 4.74 Å². The molecule has 0 unspecified atom stereocenters. The summed E-state index contributed by atoms with van der Waals surface area (Å²) in [6.45, 7) is 1.94. The van der Waals surface area contributed by atoms with E-state index in [-0.39, 0.29) is 5.97 Å². The number of hydrogen-bond donors (Lipinski definition) is 0. The number of nitrogens with zero attached hydrogens (tertiary/aromatic N) is 2. The standard InChI is InChI=1S/C16H16N2O2/c1-2-6-16(19)20-15-11-9-14(10-12-15)18-17-13-7-4-3-5-8-13/h3-5,7-12H,2,6H2,1H3. The Labute approximate surface area is 118 Å². The second kappa shape index (κ2) is 7.19. The summed E-state index contributed by atoms with van der Waals surface area (Å²) in [5.74, 6) is 0.313. The zero-order valence-electron chi connectivity index (χ0n) is 11.3. The predicted octanol–water partition coefficient (Wildman–Crippen LogP) is 4.81. The first-order chi connectivity index (χ1) is 9.78. The first-order valence-electron chi connectivity index (χ1n) is 6.55. The van der Waals surface area contributed by atoms with E-state index in [2.05, 4.69) is 10.2 Å². The summed E-state index contributed by atoms with van der Waals surface area (Å²) in [6.07, 6.45) is 1.21. The highest BCUT2D eigenvalue weighted by molar-refractivity contribution is 5.72. The van der Waals surface area contributed by atoms with Gasteiger partial charge < -0.3 is 4.74 Å². The van der Waals surface area contributed by atoms with E-state index in [9.17, 15) is 4.79 Å². The molecule has 2 rings (SSSR count). The van der Waals surface area contributed by atoms with Gasteiger partial charge in [-0.3, -0.25) is 4.79 Å². The number of carbonyl (C=O) groups excluding carboxylic acids is 1. The Morgan fingerprint density at radius 2 is 1.55 bits per heavy atom. The van der Waals surface area contributed by atoms with Gasteiger partial charge in [0.05, 0.1) is 11.4 Å². The van der Waals surface area contributed by atoms with Gasteiger partial charge in [0, 0.05) is 6.42 Å². The van der Waals surface area contributed by atoms with Crippen LogP contribution in [0.1, 0.15) is 19.8 Å². The molecule has 0 amide bonds. The number of azo groups is 1. The molecule has 0 saturated heterocycles. The molecule has 0 saturated carbocycles. The highest BCUT2D eigenvalue weighted by atomic mass is 16.5. The van der Waals surface area contributed by atoms with Crippen molar-refractivity contribution >= 4 is 17.3 Å². The van der Waals surface area contributed by atoms with Crippen molar-refractivity contribution in [2.45, 2.75) is 19.8 Å². The maximum absolute atomic E-state index is 11.3. The van der Waals surface area contributed by atoms with Crippen molar-refractivity contribution in [2.75, 3.05) is 0 Å². The maximum Gasteiger partial charge on any atom is 0.311 e. The monoisotopic (exact) mass is 268 g/mol. The summed E-state index contributed by atoms with van der Waals surface area (Å²) in [6, 6.07) is 16.5. The van der Waals surface area contributed by atoms with Crippen LogP contribution in [0.3, 0.4) is 0 Å². The molecule has 0 spiro atoms. The molecule has 0 fully saturated rings. The number of ether oxygens (including phenoxy) is 1. The van der Waals surface area contributed by atoms with Crippen LogP contribution in [0.5, 0.6) is 5.75 Å². The SMILES string of the molecule is CCCC(=O)Oc1ccc(N=Nc2ccccc2)cc1. The minimum atomic E-state index is -0.217. The number of esters is 1. The molecule has 0 aromatic heterocycles. The maximum atomic E-state index is 11.3.